The standard InChI is InChI=1S/C12H21N/c1-13(2)12-6-9-3-10(7-12)5-11(4-9)8-12/h9-11H,3-8H2,1-2H3/p+1. The molecule has 0 aliphatic heterocycles. The number of nitrogens with one attached hydrogen (secondary N) is 1. The van der Waals surface area contributed by atoms with Crippen molar-refractivity contribution in [1.82, 2.24) is 0 Å². The Morgan fingerprint density at radius 3 is 1.54 bits per heavy atom. The normalized spacial score (nSPS) is 53.3. The molecule has 1 N–H and O–H groups in total. The predicted octanol–water partition coefficient (Wildman–Crippen LogP) is 1.10. The molecule has 0 saturated heterocycles. The van der Waals surface area contributed by atoms with Gasteiger partial charge in [-0.15, -0.1) is 0 Å². The number of quaternary nitrogens is 1. The van der Waals surface area contributed by atoms with Gasteiger partial charge in [-0.3, -0.25) is 0 Å². The molecule has 0 aromatic carbocycles. The topological polar surface area (TPSA) is 4.44 Å². The zero-order chi connectivity index (χ0) is 9.05. The smallest absolute Gasteiger partial charge is 0.0980 e. The van der Waals surface area contributed by atoms with E-state index in [1.54, 1.807) is 43.4 Å². The van der Waals surface area contributed by atoms with Gasteiger partial charge in [0.2, 0.25) is 0 Å². The van der Waals surface area contributed by atoms with E-state index in [-0.39, 0.29) is 0 Å². The van der Waals surface area contributed by atoms with Crippen LogP contribution in [0.2, 0.25) is 0 Å². The van der Waals surface area contributed by atoms with E-state index < -0.39 is 0 Å². The molecule has 4 aliphatic carbocycles. The van der Waals surface area contributed by atoms with Crippen LogP contribution < -0.4 is 4.90 Å². The van der Waals surface area contributed by atoms with Gasteiger partial charge in [0.15, 0.2) is 0 Å². The molecule has 0 aromatic rings. The van der Waals surface area contributed by atoms with E-state index in [9.17, 15) is 0 Å². The summed E-state index contributed by atoms with van der Waals surface area (Å²) in [5, 5.41) is 0. The fourth-order valence-corrected chi connectivity index (χ4v) is 4.72. The molecule has 4 bridgehead atoms. The van der Waals surface area contributed by atoms with Crippen LogP contribution in [0.4, 0.5) is 0 Å². The monoisotopic (exact) mass is 180 g/mol. The number of hydrogen-bond acceptors (Lipinski definition) is 0. The molecule has 0 unspecified atom stereocenters. The third kappa shape index (κ3) is 1.09. The second kappa shape index (κ2) is 2.50. The van der Waals surface area contributed by atoms with Gasteiger partial charge in [0.25, 0.3) is 0 Å². The van der Waals surface area contributed by atoms with Crippen LogP contribution in [0.25, 0.3) is 0 Å². The molecule has 0 atom stereocenters. The van der Waals surface area contributed by atoms with Crippen molar-refractivity contribution in [1.29, 1.82) is 0 Å². The Kier molecular flexibility index (Phi) is 1.59. The molecule has 74 valence electrons. The maximum Gasteiger partial charge on any atom is 0.0980 e. The van der Waals surface area contributed by atoms with Crippen LogP contribution in [0.15, 0.2) is 0 Å². The maximum atomic E-state index is 2.38. The van der Waals surface area contributed by atoms with Gasteiger partial charge in [0.05, 0.1) is 19.6 Å². The quantitative estimate of drug-likeness (QED) is 0.616. The van der Waals surface area contributed by atoms with Crippen LogP contribution in [-0.2, 0) is 0 Å². The van der Waals surface area contributed by atoms with E-state index in [0.717, 1.165) is 23.3 Å². The van der Waals surface area contributed by atoms with Gasteiger partial charge >= 0.3 is 0 Å². The lowest BCUT2D eigenvalue weighted by Gasteiger charge is -2.56. The van der Waals surface area contributed by atoms with E-state index in [2.05, 4.69) is 14.1 Å². The zero-order valence-corrected chi connectivity index (χ0v) is 8.97. The third-order valence-electron chi connectivity index (χ3n) is 5.10. The highest BCUT2D eigenvalue weighted by atomic mass is 15.2. The van der Waals surface area contributed by atoms with Crippen LogP contribution in [0, 0.1) is 17.8 Å². The van der Waals surface area contributed by atoms with Gasteiger partial charge in [-0.25, -0.2) is 0 Å². The summed E-state index contributed by atoms with van der Waals surface area (Å²) in [7, 11) is 4.76. The molecule has 1 nitrogen and oxygen atoms in total. The molecule has 13 heavy (non-hydrogen) atoms. The molecule has 0 aromatic heterocycles. The first kappa shape index (κ1) is 8.28. The summed E-state index contributed by atoms with van der Waals surface area (Å²) in [5.41, 5.74) is 0.717. The molecule has 0 radical (unpaired) electrons. The van der Waals surface area contributed by atoms with Crippen molar-refractivity contribution in [2.75, 3.05) is 14.1 Å². The number of hydrogen-bond donors (Lipinski definition) is 1. The molecule has 0 amide bonds. The highest BCUT2D eigenvalue weighted by molar-refractivity contribution is 5.01. The first-order chi connectivity index (χ1) is 6.18. The summed E-state index contributed by atoms with van der Waals surface area (Å²) >= 11 is 0. The molecule has 0 heterocycles. The summed E-state index contributed by atoms with van der Waals surface area (Å²) in [6, 6.07) is 0. The summed E-state index contributed by atoms with van der Waals surface area (Å²) in [5.74, 6) is 3.34. The Labute approximate surface area is 81.5 Å². The first-order valence-corrected chi connectivity index (χ1v) is 5.98. The zero-order valence-electron chi connectivity index (χ0n) is 8.97. The van der Waals surface area contributed by atoms with E-state index in [1.165, 1.54) is 0 Å². The van der Waals surface area contributed by atoms with Crippen LogP contribution in [0.3, 0.4) is 0 Å². The lowest BCUT2D eigenvalue weighted by Crippen LogP contribution is -3.16. The van der Waals surface area contributed by atoms with Gasteiger partial charge in [0, 0.05) is 19.3 Å². The summed E-state index contributed by atoms with van der Waals surface area (Å²) < 4.78 is 0. The molecular formula is C12H22N+. The highest BCUT2D eigenvalue weighted by Crippen LogP contribution is 2.54. The Hall–Kier alpha value is -0.0400. The van der Waals surface area contributed by atoms with Crippen LogP contribution >= 0.6 is 0 Å². The second-order valence-corrected chi connectivity index (χ2v) is 6.20. The second-order valence-electron chi connectivity index (χ2n) is 6.20. The number of rotatable bonds is 1. The lowest BCUT2D eigenvalue weighted by molar-refractivity contribution is -0.922. The van der Waals surface area contributed by atoms with Gasteiger partial charge < -0.3 is 4.90 Å². The van der Waals surface area contributed by atoms with Crippen LogP contribution in [0.1, 0.15) is 38.5 Å². The van der Waals surface area contributed by atoms with E-state index in [1.807, 2.05) is 0 Å². The third-order valence-corrected chi connectivity index (χ3v) is 5.10. The Balaban J connectivity index is 1.91. The summed E-state index contributed by atoms with van der Waals surface area (Å²) in [6.45, 7) is 0. The van der Waals surface area contributed by atoms with Crippen LogP contribution in [-0.4, -0.2) is 19.6 Å². The minimum absolute atomic E-state index is 0.717. The highest BCUT2D eigenvalue weighted by Gasteiger charge is 2.54. The average molecular weight is 180 g/mol. The summed E-state index contributed by atoms with van der Waals surface area (Å²) in [6.07, 6.45) is 9.36. The SMILES string of the molecule is C[NH+](C)C12CC3CC(CC(C3)C1)C2. The fourth-order valence-electron chi connectivity index (χ4n) is 4.72. The van der Waals surface area contributed by atoms with Crippen LogP contribution in [0.5, 0.6) is 0 Å². The van der Waals surface area contributed by atoms with E-state index in [4.69, 9.17) is 0 Å². The van der Waals surface area contributed by atoms with Crippen molar-refractivity contribution in [2.24, 2.45) is 17.8 Å². The van der Waals surface area contributed by atoms with E-state index in [0.29, 0.717) is 0 Å². The molecule has 0 spiro atoms. The van der Waals surface area contributed by atoms with Crippen molar-refractivity contribution in [3.05, 3.63) is 0 Å². The van der Waals surface area contributed by atoms with Gasteiger partial charge in [-0.2, -0.15) is 0 Å². The first-order valence-electron chi connectivity index (χ1n) is 5.98. The Morgan fingerprint density at radius 1 is 0.846 bits per heavy atom. The minimum atomic E-state index is 0.717. The molecule has 4 fully saturated rings. The van der Waals surface area contributed by atoms with Crippen molar-refractivity contribution in [3.63, 3.8) is 0 Å². The maximum absolute atomic E-state index is 2.38. The molecule has 4 rings (SSSR count). The largest absolute Gasteiger partial charge is 0.335 e. The Morgan fingerprint density at radius 2 is 1.23 bits per heavy atom. The van der Waals surface area contributed by atoms with Gasteiger partial charge in [0.1, 0.15) is 0 Å². The van der Waals surface area contributed by atoms with Gasteiger partial charge in [-0.05, 0) is 37.0 Å². The van der Waals surface area contributed by atoms with Gasteiger partial charge in [-0.1, -0.05) is 0 Å². The van der Waals surface area contributed by atoms with Crippen molar-refractivity contribution in [2.45, 2.75) is 44.1 Å². The Bertz CT molecular complexity index is 184. The average Bonchev–Trinajstić information content (AvgIpc) is 2.00. The molecular weight excluding hydrogens is 158 g/mol. The van der Waals surface area contributed by atoms with Crippen molar-refractivity contribution >= 4 is 0 Å². The van der Waals surface area contributed by atoms with E-state index >= 15 is 0 Å². The molecule has 4 aliphatic rings. The molecule has 1 heteroatoms. The predicted molar refractivity (Wildman–Crippen MR) is 53.7 cm³/mol. The van der Waals surface area contributed by atoms with Crippen molar-refractivity contribution < 1.29 is 4.90 Å². The minimum Gasteiger partial charge on any atom is -0.335 e. The van der Waals surface area contributed by atoms with Crippen molar-refractivity contribution in [3.8, 4) is 0 Å². The summed E-state index contributed by atoms with van der Waals surface area (Å²) in [4.78, 5) is 1.74. The fraction of sp³-hybridized carbons (Fsp3) is 1.00. The lowest BCUT2D eigenvalue weighted by atomic mass is 9.52. The molecule has 4 saturated carbocycles.